The van der Waals surface area contributed by atoms with Crippen molar-refractivity contribution < 1.29 is 8.42 Å². The van der Waals surface area contributed by atoms with Crippen molar-refractivity contribution in [2.24, 2.45) is 0 Å². The fraction of sp³-hybridized carbons (Fsp3) is 0.143. The van der Waals surface area contributed by atoms with Gasteiger partial charge in [-0.25, -0.2) is 12.7 Å². The van der Waals surface area contributed by atoms with E-state index >= 15 is 0 Å². The predicted molar refractivity (Wildman–Crippen MR) is 89.9 cm³/mol. The van der Waals surface area contributed by atoms with Gasteiger partial charge in [-0.3, -0.25) is 9.20 Å². The van der Waals surface area contributed by atoms with Crippen LogP contribution in [0.3, 0.4) is 0 Å². The van der Waals surface area contributed by atoms with Gasteiger partial charge < -0.3 is 0 Å². The van der Waals surface area contributed by atoms with E-state index in [0.717, 1.165) is 4.31 Å². The molecule has 0 spiro atoms. The van der Waals surface area contributed by atoms with E-state index in [-0.39, 0.29) is 15.3 Å². The summed E-state index contributed by atoms with van der Waals surface area (Å²) in [7, 11) is -0.998. The molecule has 6 nitrogen and oxygen atoms in total. The van der Waals surface area contributed by atoms with E-state index in [1.165, 1.54) is 26.2 Å². The number of sulfonamides is 1. The molecule has 23 heavy (non-hydrogen) atoms. The van der Waals surface area contributed by atoms with Gasteiger partial charge in [-0.2, -0.15) is 4.98 Å². The van der Waals surface area contributed by atoms with Crippen molar-refractivity contribution in [3.8, 4) is 0 Å². The maximum Gasteiger partial charge on any atom is 0.281 e. The van der Waals surface area contributed by atoms with Crippen LogP contribution >= 0.6 is 23.2 Å². The standard InChI is InChI=1S/C14H11Cl2N3O3S/c1-18(2)23(21,22)12-5-9-11(6-10(12)16)19-7-8(15)3-4-13(19)17-14(9)20/h3-7H,1-2H3. The molecule has 2 aromatic heterocycles. The highest BCUT2D eigenvalue weighted by Crippen LogP contribution is 2.28. The molecule has 0 aliphatic heterocycles. The second-order valence-corrected chi connectivity index (χ2v) is 8.04. The molecule has 0 saturated carbocycles. The highest BCUT2D eigenvalue weighted by atomic mass is 35.5. The Bertz CT molecular complexity index is 1110. The zero-order valence-electron chi connectivity index (χ0n) is 12.1. The van der Waals surface area contributed by atoms with Crippen LogP contribution in [-0.2, 0) is 10.0 Å². The molecule has 0 N–H and O–H groups in total. The second-order valence-electron chi connectivity index (χ2n) is 5.08. The van der Waals surface area contributed by atoms with E-state index < -0.39 is 15.6 Å². The number of fused-ring (bicyclic) bond motifs is 3. The van der Waals surface area contributed by atoms with Crippen molar-refractivity contribution in [2.75, 3.05) is 14.1 Å². The van der Waals surface area contributed by atoms with Gasteiger partial charge in [0.05, 0.1) is 20.9 Å². The number of nitrogens with zero attached hydrogens (tertiary/aromatic N) is 3. The van der Waals surface area contributed by atoms with Crippen LogP contribution in [0.5, 0.6) is 0 Å². The van der Waals surface area contributed by atoms with Gasteiger partial charge in [0.1, 0.15) is 10.5 Å². The maximum atomic E-state index is 12.3. The highest BCUT2D eigenvalue weighted by molar-refractivity contribution is 7.89. The summed E-state index contributed by atoms with van der Waals surface area (Å²) >= 11 is 12.1. The van der Waals surface area contributed by atoms with E-state index in [1.807, 2.05) is 0 Å². The molecule has 0 saturated heterocycles. The number of benzene rings is 1. The van der Waals surface area contributed by atoms with Crippen molar-refractivity contribution in [2.45, 2.75) is 4.90 Å². The smallest absolute Gasteiger partial charge is 0.281 e. The average Bonchev–Trinajstić information content (AvgIpc) is 2.47. The summed E-state index contributed by atoms with van der Waals surface area (Å²) in [6.45, 7) is 0. The second kappa shape index (κ2) is 5.45. The van der Waals surface area contributed by atoms with Crippen LogP contribution in [0.4, 0.5) is 0 Å². The Morgan fingerprint density at radius 2 is 1.87 bits per heavy atom. The lowest BCUT2D eigenvalue weighted by atomic mass is 10.2. The number of hydrogen-bond acceptors (Lipinski definition) is 4. The summed E-state index contributed by atoms with van der Waals surface area (Å²) in [6.07, 6.45) is 1.59. The first kappa shape index (κ1) is 16.2. The summed E-state index contributed by atoms with van der Waals surface area (Å²) in [5.74, 6) is 0. The molecule has 9 heteroatoms. The number of rotatable bonds is 2. The average molecular weight is 372 g/mol. The monoisotopic (exact) mass is 371 g/mol. The molecule has 3 rings (SSSR count). The molecule has 0 aliphatic carbocycles. The zero-order chi connectivity index (χ0) is 16.9. The summed E-state index contributed by atoms with van der Waals surface area (Å²) in [6, 6.07) is 5.89. The Morgan fingerprint density at radius 1 is 1.17 bits per heavy atom. The van der Waals surface area contributed by atoms with Crippen LogP contribution in [0.1, 0.15) is 0 Å². The van der Waals surface area contributed by atoms with E-state index in [9.17, 15) is 13.2 Å². The van der Waals surface area contributed by atoms with Crippen LogP contribution in [0, 0.1) is 0 Å². The maximum absolute atomic E-state index is 12.3. The molecule has 120 valence electrons. The molecule has 0 atom stereocenters. The SMILES string of the molecule is CN(C)S(=O)(=O)c1cc2c(=O)nc3ccc(Cl)cn3c2cc1Cl. The van der Waals surface area contributed by atoms with Crippen LogP contribution in [-0.4, -0.2) is 36.2 Å². The minimum absolute atomic E-state index is 0.0191. The number of pyridine rings is 1. The Labute approximate surface area is 141 Å². The molecule has 3 aromatic rings. The third kappa shape index (κ3) is 2.59. The molecule has 1 aromatic carbocycles. The fourth-order valence-corrected chi connectivity index (χ4v) is 3.80. The summed E-state index contributed by atoms with van der Waals surface area (Å²) < 4.78 is 27.3. The van der Waals surface area contributed by atoms with Gasteiger partial charge in [-0.05, 0) is 24.3 Å². The molecular weight excluding hydrogens is 361 g/mol. The topological polar surface area (TPSA) is 71.8 Å². The highest BCUT2D eigenvalue weighted by Gasteiger charge is 2.22. The van der Waals surface area contributed by atoms with Crippen molar-refractivity contribution >= 4 is 49.8 Å². The first-order valence-corrected chi connectivity index (χ1v) is 8.65. The number of halogens is 2. The van der Waals surface area contributed by atoms with Crippen molar-refractivity contribution in [3.05, 3.63) is 50.9 Å². The van der Waals surface area contributed by atoms with Gasteiger partial charge in [0, 0.05) is 20.3 Å². The summed E-state index contributed by atoms with van der Waals surface area (Å²) in [5.41, 5.74) is 0.297. The molecule has 0 radical (unpaired) electrons. The Hall–Kier alpha value is -1.67. The van der Waals surface area contributed by atoms with E-state index in [2.05, 4.69) is 4.98 Å². The Morgan fingerprint density at radius 3 is 2.52 bits per heavy atom. The lowest BCUT2D eigenvalue weighted by Gasteiger charge is -2.14. The van der Waals surface area contributed by atoms with Gasteiger partial charge in [0.15, 0.2) is 0 Å². The largest absolute Gasteiger partial charge is 0.299 e. The number of hydrogen-bond donors (Lipinski definition) is 0. The third-order valence-electron chi connectivity index (χ3n) is 3.41. The fourth-order valence-electron chi connectivity index (χ4n) is 2.22. The van der Waals surface area contributed by atoms with Gasteiger partial charge in [0.2, 0.25) is 10.0 Å². The lowest BCUT2D eigenvalue weighted by Crippen LogP contribution is -2.23. The van der Waals surface area contributed by atoms with Crippen LogP contribution in [0.15, 0.2) is 40.2 Å². The van der Waals surface area contributed by atoms with Crippen LogP contribution in [0.25, 0.3) is 16.6 Å². The van der Waals surface area contributed by atoms with Gasteiger partial charge in [-0.15, -0.1) is 0 Å². The molecule has 0 unspecified atom stereocenters. The normalized spacial score (nSPS) is 12.4. The Balaban J connectivity index is 2.49. The van der Waals surface area contributed by atoms with Crippen molar-refractivity contribution in [1.29, 1.82) is 0 Å². The lowest BCUT2D eigenvalue weighted by molar-refractivity contribution is 0.521. The quantitative estimate of drug-likeness (QED) is 0.648. The van der Waals surface area contributed by atoms with E-state index in [1.54, 1.807) is 22.7 Å². The van der Waals surface area contributed by atoms with Gasteiger partial charge >= 0.3 is 0 Å². The molecule has 2 heterocycles. The first-order chi connectivity index (χ1) is 10.7. The first-order valence-electron chi connectivity index (χ1n) is 6.45. The summed E-state index contributed by atoms with van der Waals surface area (Å²) in [4.78, 5) is 16.0. The third-order valence-corrected chi connectivity index (χ3v) is 5.91. The molecule has 0 bridgehead atoms. The van der Waals surface area contributed by atoms with Crippen LogP contribution < -0.4 is 5.56 Å². The minimum atomic E-state index is -3.78. The zero-order valence-corrected chi connectivity index (χ0v) is 14.4. The minimum Gasteiger partial charge on any atom is -0.299 e. The van der Waals surface area contributed by atoms with Gasteiger partial charge in [-0.1, -0.05) is 23.2 Å². The summed E-state index contributed by atoms with van der Waals surface area (Å²) in [5, 5.41) is 0.616. The van der Waals surface area contributed by atoms with Crippen LogP contribution in [0.2, 0.25) is 10.0 Å². The van der Waals surface area contributed by atoms with Crippen molar-refractivity contribution in [3.63, 3.8) is 0 Å². The molecular formula is C14H11Cl2N3O3S. The predicted octanol–water partition coefficient (Wildman–Crippen LogP) is 2.40. The Kier molecular flexibility index (Phi) is 3.84. The van der Waals surface area contributed by atoms with E-state index in [0.29, 0.717) is 16.2 Å². The van der Waals surface area contributed by atoms with Gasteiger partial charge in [0.25, 0.3) is 5.56 Å². The van der Waals surface area contributed by atoms with E-state index in [4.69, 9.17) is 23.2 Å². The molecule has 0 amide bonds. The molecule has 0 fully saturated rings. The molecule has 0 aliphatic rings. The van der Waals surface area contributed by atoms with Crippen molar-refractivity contribution in [1.82, 2.24) is 13.7 Å². The number of aromatic nitrogens is 2.